The van der Waals surface area contributed by atoms with E-state index in [1.165, 1.54) is 80.7 Å². The summed E-state index contributed by atoms with van der Waals surface area (Å²) in [5.41, 5.74) is 21.0. The number of nitrogens with one attached hydrogen (secondary N) is 11. The highest BCUT2D eigenvalue weighted by atomic mass is 32.2. The zero-order chi connectivity index (χ0) is 109. The number of ketones is 3. The van der Waals surface area contributed by atoms with Crippen molar-refractivity contribution >= 4 is 164 Å². The van der Waals surface area contributed by atoms with Gasteiger partial charge in [0, 0.05) is 102 Å². The molecule has 14 rings (SSSR count). The van der Waals surface area contributed by atoms with Crippen LogP contribution in [0.4, 0.5) is 0 Å². The minimum atomic E-state index is -2.23. The van der Waals surface area contributed by atoms with Crippen molar-refractivity contribution in [3.8, 4) is 39.9 Å². The topological polar surface area (TPSA) is 692 Å². The molecule has 7 heterocycles. The predicted molar refractivity (Wildman–Crippen MR) is 551 cm³/mol. The normalized spacial score (nSPS) is 22.6. The number of phenols is 1. The lowest BCUT2D eigenvalue weighted by Crippen LogP contribution is -2.61. The van der Waals surface area contributed by atoms with Gasteiger partial charge in [0.2, 0.25) is 76.8 Å². The number of phenolic OH excluding ortho intramolecular Hbond substituents is 1. The van der Waals surface area contributed by atoms with E-state index in [4.69, 9.17) is 32.2 Å². The molecule has 8 aromatic rings. The van der Waals surface area contributed by atoms with E-state index < -0.39 is 290 Å². The molecule has 0 fully saturated rings. The van der Waals surface area contributed by atoms with Crippen LogP contribution in [0.15, 0.2) is 170 Å². The fourth-order valence-electron chi connectivity index (χ4n) is 16.2. The standard InChI is InChI=1S/C104H121N17O25S3/c1-54(105)80(123)44-69-52-148-49-60-21-29-64(30-22-60)91-119-90-63-27-19-59(20-28-63)48-147-51-68(89(107)135)43-82(125)88(104(4,5)6)118-102(145)78(47-87(133)134)116-99(142)75(40-58-25-33-70(122)34-26-58)113-98(141)74(39-57-13-8-7-9-14-57)114-101(144)77(46-86(131)132)115-97(140)73(36-38-85(129)130)111-103(146)79(53-149-50-61-23-31-65(32-24-61)92(120-90)121-91)117-94(137)56(3)108-95(138)67(41-66-17-12-16-62-15-10-11-18-71(62)66)42-81(124)72(35-37-84(127)128)110-100(143)76(45-83(106)126)112-93(136)55(2)109-96(69)139/h7-34,54-56,67-69,72-79,88,122H,35-53,105H2,1-6H3,(H2,106,126)(H2,107,135)(H,108,138)(H,109,139)(H,110,143)(H,111,146)(H,112,136)(H,113,141)(H,114,144)(H,115,140)(H,116,142)(H,117,137)(H,118,145)(H,127,128)(H,129,130)(H,131,132)(H,133,134). The highest BCUT2D eigenvalue weighted by Crippen LogP contribution is 2.32. The molecule has 10 bridgehead atoms. The summed E-state index contributed by atoms with van der Waals surface area (Å²) in [4.78, 5) is 299. The zero-order valence-corrected chi connectivity index (χ0v) is 84.9. The van der Waals surface area contributed by atoms with Gasteiger partial charge in [-0.25, -0.2) is 15.0 Å². The molecule has 1 aromatic heterocycles. The van der Waals surface area contributed by atoms with E-state index in [2.05, 4.69) is 58.5 Å². The Morgan fingerprint density at radius 2 is 0.799 bits per heavy atom. The van der Waals surface area contributed by atoms with Crippen molar-refractivity contribution in [2.75, 3.05) is 17.3 Å². The van der Waals surface area contributed by atoms with Crippen molar-refractivity contribution in [3.05, 3.63) is 203 Å². The van der Waals surface area contributed by atoms with Crippen LogP contribution in [0.2, 0.25) is 0 Å². The molecule has 15 unspecified atom stereocenters. The number of aromatic nitrogens is 3. The Morgan fingerprint density at radius 1 is 0.389 bits per heavy atom. The van der Waals surface area contributed by atoms with Gasteiger partial charge in [-0.1, -0.05) is 178 Å². The number of carboxylic acid groups (broad SMARTS) is 4. The number of fused-ring (bicyclic) bond motifs is 3. The van der Waals surface area contributed by atoms with Crippen molar-refractivity contribution in [1.82, 2.24) is 73.4 Å². The number of nitrogens with zero attached hydrogens (tertiary/aromatic N) is 3. The summed E-state index contributed by atoms with van der Waals surface area (Å²) in [7, 11) is 0. The first-order valence-corrected chi connectivity index (χ1v) is 51.4. The Kier molecular flexibility index (Phi) is 42.5. The van der Waals surface area contributed by atoms with E-state index in [0.717, 1.165) is 22.9 Å². The molecule has 0 radical (unpaired) electrons. The number of thioether (sulfide) groups is 3. The Morgan fingerprint density at radius 3 is 1.28 bits per heavy atom. The second-order valence-corrected chi connectivity index (χ2v) is 40.7. The fraction of sp³-hybridized carbons (Fsp3) is 0.394. The number of Topliss-reactive ketones (excluding diaryl/α,β-unsaturated/α-hetero) is 3. The third kappa shape index (κ3) is 35.7. The third-order valence-corrected chi connectivity index (χ3v) is 28.0. The first-order chi connectivity index (χ1) is 70.7. The Labute approximate surface area is 869 Å². The van der Waals surface area contributed by atoms with Crippen molar-refractivity contribution in [3.63, 3.8) is 0 Å². The van der Waals surface area contributed by atoms with Crippen molar-refractivity contribution in [2.24, 2.45) is 40.4 Å². The molecule has 790 valence electrons. The monoisotopic (exact) mass is 2100 g/mol. The molecule has 0 saturated heterocycles. The van der Waals surface area contributed by atoms with Gasteiger partial charge in [-0.15, -0.1) is 0 Å². The van der Waals surface area contributed by atoms with Gasteiger partial charge in [-0.3, -0.25) is 95.9 Å². The van der Waals surface area contributed by atoms with Crippen molar-refractivity contribution in [2.45, 2.75) is 215 Å². The highest BCUT2D eigenvalue weighted by Gasteiger charge is 2.42. The smallest absolute Gasteiger partial charge is 0.305 e. The number of benzene rings is 7. The zero-order valence-electron chi connectivity index (χ0n) is 82.5. The number of primary amides is 2. The van der Waals surface area contributed by atoms with Gasteiger partial charge in [-0.05, 0) is 102 Å². The van der Waals surface area contributed by atoms with Crippen molar-refractivity contribution < 1.29 is 121 Å². The van der Waals surface area contributed by atoms with Gasteiger partial charge < -0.3 is 101 Å². The molecular formula is C104H121N17O25S3. The minimum absolute atomic E-state index is 0.00948. The molecule has 149 heavy (non-hydrogen) atoms. The number of carbonyl (C=O) groups excluding carboxylic acids is 16. The molecule has 22 N–H and O–H groups in total. The van der Waals surface area contributed by atoms with E-state index >= 15 is 33.6 Å². The largest absolute Gasteiger partial charge is 0.508 e. The summed E-state index contributed by atoms with van der Waals surface area (Å²) < 4.78 is 0. The Hall–Kier alpha value is -15.4. The molecular weight excluding hydrogens is 1980 g/mol. The van der Waals surface area contributed by atoms with Crippen LogP contribution in [0.1, 0.15) is 139 Å². The van der Waals surface area contributed by atoms with E-state index in [9.17, 15) is 87.9 Å². The van der Waals surface area contributed by atoms with E-state index in [0.29, 0.717) is 44.2 Å². The van der Waals surface area contributed by atoms with Gasteiger partial charge in [0.05, 0.1) is 49.2 Å². The molecule has 0 saturated carbocycles. The number of hydrogen-bond acceptors (Lipinski definition) is 28. The van der Waals surface area contributed by atoms with Crippen LogP contribution >= 0.6 is 35.3 Å². The Bertz CT molecular complexity index is 6250. The molecule has 0 aliphatic carbocycles. The van der Waals surface area contributed by atoms with Gasteiger partial charge in [0.15, 0.2) is 29.0 Å². The molecule has 6 aliphatic heterocycles. The van der Waals surface area contributed by atoms with Crippen LogP contribution in [0.25, 0.3) is 44.9 Å². The average Bonchev–Trinajstić information content (AvgIpc) is 0.807. The fourth-order valence-corrected chi connectivity index (χ4v) is 19.5. The number of amides is 13. The quantitative estimate of drug-likeness (QED) is 0.0460. The lowest BCUT2D eigenvalue weighted by molar-refractivity contribution is -0.142. The summed E-state index contributed by atoms with van der Waals surface area (Å²) in [5, 5.41) is 79.9. The highest BCUT2D eigenvalue weighted by molar-refractivity contribution is 7.99. The van der Waals surface area contributed by atoms with Gasteiger partial charge >= 0.3 is 23.9 Å². The summed E-state index contributed by atoms with van der Waals surface area (Å²) in [6.45, 7) is 8.62. The first kappa shape index (κ1) is 116. The number of rotatable bonds is 22. The van der Waals surface area contributed by atoms with Crippen molar-refractivity contribution in [1.29, 1.82) is 0 Å². The molecule has 7 aromatic carbocycles. The number of aliphatic carboxylic acids is 4. The molecule has 13 amide bonds. The van der Waals surface area contributed by atoms with Gasteiger partial charge in [0.25, 0.3) is 0 Å². The van der Waals surface area contributed by atoms with Gasteiger partial charge in [-0.2, -0.15) is 35.3 Å². The molecule has 15 atom stereocenters. The van der Waals surface area contributed by atoms with E-state index in [-0.39, 0.29) is 70.4 Å². The van der Waals surface area contributed by atoms with E-state index in [1.54, 1.807) is 154 Å². The summed E-state index contributed by atoms with van der Waals surface area (Å²) >= 11 is 3.53. The van der Waals surface area contributed by atoms with Crippen LogP contribution in [-0.4, -0.2) is 248 Å². The van der Waals surface area contributed by atoms with Crippen LogP contribution in [-0.2, 0) is 132 Å². The van der Waals surface area contributed by atoms with E-state index in [1.807, 2.05) is 0 Å². The average molecular weight is 2110 g/mol. The van der Waals surface area contributed by atoms with Crippen LogP contribution in [0.5, 0.6) is 5.75 Å². The maximum absolute atomic E-state index is 15.4. The second kappa shape index (κ2) is 54.9. The molecule has 0 spiro atoms. The minimum Gasteiger partial charge on any atom is -0.508 e. The number of carboxylic acids is 4. The lowest BCUT2D eigenvalue weighted by atomic mass is 9.81. The third-order valence-electron chi connectivity index (χ3n) is 24.6. The molecule has 45 heteroatoms. The van der Waals surface area contributed by atoms with Gasteiger partial charge in [0.1, 0.15) is 65.9 Å². The lowest BCUT2D eigenvalue weighted by Gasteiger charge is -2.32. The second-order valence-electron chi connectivity index (χ2n) is 37.6. The summed E-state index contributed by atoms with van der Waals surface area (Å²) in [5.74, 6) is -26.9. The number of aromatic hydroxyl groups is 1. The number of nitrogens with two attached hydrogens (primary N) is 3. The summed E-state index contributed by atoms with van der Waals surface area (Å²) in [6, 6.07) is 24.7. The van der Waals surface area contributed by atoms with Crippen LogP contribution in [0.3, 0.4) is 0 Å². The maximum Gasteiger partial charge on any atom is 0.305 e. The number of hydrogen-bond donors (Lipinski definition) is 19. The van der Waals surface area contributed by atoms with Crippen LogP contribution in [0, 0.1) is 23.2 Å². The molecule has 42 nitrogen and oxygen atoms in total. The predicted octanol–water partition coefficient (Wildman–Crippen LogP) is 3.72. The Balaban J connectivity index is 1.08. The maximum atomic E-state index is 15.4. The summed E-state index contributed by atoms with van der Waals surface area (Å²) in [6.07, 6.45) is -9.46. The first-order valence-electron chi connectivity index (χ1n) is 47.9. The van der Waals surface area contributed by atoms with Crippen LogP contribution < -0.4 is 75.7 Å². The number of carbonyl (C=O) groups is 20. The molecule has 6 aliphatic rings. The SMILES string of the molecule is CC(N)C(=O)CC1CSCc2ccc(cc2)-c2nc3nc(n2)-c2ccc(cc2)CSCC(NC(=O)C(C)NC(=O)C(Cc2cccc4ccccc24)CC(=O)C(CCC(=O)O)NC(=O)C(CC(N)=O)NC(=O)C(C)NC1=O)C(=O)NC(CCC(=O)O)C(=O)NC(CC(=O)O)C(=O)NC(Cc1ccccc1)C(=O)NC(Cc1ccc(O)cc1)C(=O)NC(CC(=O)O)C(=O)NC(C(C)(C)C)C(=O)CC(C(N)=O)CSCc1ccc-3cc1.